The summed E-state index contributed by atoms with van der Waals surface area (Å²) in [5, 5.41) is 6.86. The highest BCUT2D eigenvalue weighted by atomic mass is 127. The Labute approximate surface area is 158 Å². The summed E-state index contributed by atoms with van der Waals surface area (Å²) in [7, 11) is 1.84. The van der Waals surface area contributed by atoms with Crippen LogP contribution in [0.4, 0.5) is 0 Å². The number of rotatable bonds is 6. The van der Waals surface area contributed by atoms with Crippen molar-refractivity contribution in [2.24, 2.45) is 10.9 Å². The molecule has 0 saturated carbocycles. The summed E-state index contributed by atoms with van der Waals surface area (Å²) in [5.41, 5.74) is 2.58. The van der Waals surface area contributed by atoms with Gasteiger partial charge in [-0.15, -0.1) is 24.0 Å². The lowest BCUT2D eigenvalue weighted by Gasteiger charge is -2.17. The zero-order chi connectivity index (χ0) is 15.8. The average Bonchev–Trinajstić information content (AvgIpc) is 2.97. The van der Waals surface area contributed by atoms with E-state index in [1.165, 1.54) is 43.6 Å². The number of likely N-dealkylation sites (tertiary alicyclic amines) is 1. The van der Waals surface area contributed by atoms with Crippen molar-refractivity contribution >= 4 is 29.9 Å². The molecule has 1 aliphatic heterocycles. The average molecular weight is 430 g/mol. The Kier molecular flexibility index (Phi) is 9.55. The molecule has 4 nitrogen and oxygen atoms in total. The lowest BCUT2D eigenvalue weighted by Crippen LogP contribution is -2.39. The van der Waals surface area contributed by atoms with Crippen LogP contribution < -0.4 is 10.6 Å². The van der Waals surface area contributed by atoms with E-state index in [9.17, 15) is 0 Å². The maximum atomic E-state index is 4.32. The van der Waals surface area contributed by atoms with Crippen LogP contribution >= 0.6 is 24.0 Å². The zero-order valence-electron chi connectivity index (χ0n) is 14.6. The van der Waals surface area contributed by atoms with E-state index >= 15 is 0 Å². The zero-order valence-corrected chi connectivity index (χ0v) is 17.0. The van der Waals surface area contributed by atoms with Gasteiger partial charge < -0.3 is 15.5 Å². The van der Waals surface area contributed by atoms with E-state index in [1.807, 2.05) is 7.05 Å². The van der Waals surface area contributed by atoms with Crippen molar-refractivity contribution in [1.82, 2.24) is 15.5 Å². The lowest BCUT2D eigenvalue weighted by molar-refractivity contribution is 0.324. The predicted molar refractivity (Wildman–Crippen MR) is 110 cm³/mol. The molecule has 1 atom stereocenters. The number of aliphatic imine (C=N–C) groups is 1. The molecule has 1 heterocycles. The van der Waals surface area contributed by atoms with Crippen molar-refractivity contribution in [2.45, 2.75) is 33.2 Å². The molecule has 2 rings (SSSR count). The summed E-state index contributed by atoms with van der Waals surface area (Å²) < 4.78 is 0. The van der Waals surface area contributed by atoms with Crippen molar-refractivity contribution in [1.29, 1.82) is 0 Å². The molecule has 1 saturated heterocycles. The largest absolute Gasteiger partial charge is 0.356 e. The highest BCUT2D eigenvalue weighted by molar-refractivity contribution is 14.0. The molecule has 23 heavy (non-hydrogen) atoms. The van der Waals surface area contributed by atoms with Gasteiger partial charge in [-0.1, -0.05) is 36.8 Å². The molecule has 1 aromatic carbocycles. The minimum Gasteiger partial charge on any atom is -0.356 e. The second kappa shape index (κ2) is 10.9. The second-order valence-electron chi connectivity index (χ2n) is 6.25. The summed E-state index contributed by atoms with van der Waals surface area (Å²) in [6, 6.07) is 8.62. The molecule has 2 N–H and O–H groups in total. The minimum absolute atomic E-state index is 0. The van der Waals surface area contributed by atoms with Crippen LogP contribution in [0, 0.1) is 12.8 Å². The maximum absolute atomic E-state index is 4.32. The molecular weight excluding hydrogens is 399 g/mol. The smallest absolute Gasteiger partial charge is 0.191 e. The normalized spacial score (nSPS) is 18.6. The quantitative estimate of drug-likeness (QED) is 0.414. The third-order valence-electron chi connectivity index (χ3n) is 4.27. The van der Waals surface area contributed by atoms with Crippen molar-refractivity contribution < 1.29 is 0 Å². The number of halogens is 1. The molecular formula is C18H31IN4. The molecule has 0 radical (unpaired) electrons. The van der Waals surface area contributed by atoms with Gasteiger partial charge in [0.25, 0.3) is 0 Å². The van der Waals surface area contributed by atoms with Crippen LogP contribution in [-0.4, -0.2) is 44.1 Å². The molecule has 0 aromatic heterocycles. The number of benzene rings is 1. The van der Waals surface area contributed by atoms with E-state index in [1.54, 1.807) is 0 Å². The Hall–Kier alpha value is -0.820. The Bertz CT molecular complexity index is 472. The van der Waals surface area contributed by atoms with E-state index < -0.39 is 0 Å². The van der Waals surface area contributed by atoms with Crippen LogP contribution in [0.1, 0.15) is 30.9 Å². The first-order valence-corrected chi connectivity index (χ1v) is 8.43. The van der Waals surface area contributed by atoms with Gasteiger partial charge in [0, 0.05) is 26.7 Å². The lowest BCUT2D eigenvalue weighted by atomic mass is 10.1. The molecule has 1 aliphatic rings. The third kappa shape index (κ3) is 7.08. The number of aryl methyl sites for hydroxylation is 1. The van der Waals surface area contributed by atoms with Crippen molar-refractivity contribution in [3.63, 3.8) is 0 Å². The molecule has 0 spiro atoms. The molecule has 1 aromatic rings. The van der Waals surface area contributed by atoms with Gasteiger partial charge in [-0.05, 0) is 44.3 Å². The van der Waals surface area contributed by atoms with Gasteiger partial charge in [0.05, 0.1) is 0 Å². The first-order chi connectivity index (χ1) is 10.7. The van der Waals surface area contributed by atoms with Crippen molar-refractivity contribution in [3.05, 3.63) is 35.4 Å². The first-order valence-electron chi connectivity index (χ1n) is 8.43. The SMILES string of the molecule is CCCN1CCC(CNC(=NC)NCc2ccc(C)cc2)C1.I. The molecule has 5 heteroatoms. The van der Waals surface area contributed by atoms with Gasteiger partial charge in [0.15, 0.2) is 5.96 Å². The Morgan fingerprint density at radius 1 is 1.26 bits per heavy atom. The van der Waals surface area contributed by atoms with Crippen LogP contribution in [0.3, 0.4) is 0 Å². The van der Waals surface area contributed by atoms with Crippen LogP contribution in [-0.2, 0) is 6.54 Å². The molecule has 1 unspecified atom stereocenters. The maximum Gasteiger partial charge on any atom is 0.191 e. The van der Waals surface area contributed by atoms with Crippen LogP contribution in [0.2, 0.25) is 0 Å². The van der Waals surface area contributed by atoms with Gasteiger partial charge >= 0.3 is 0 Å². The topological polar surface area (TPSA) is 39.7 Å². The monoisotopic (exact) mass is 430 g/mol. The van der Waals surface area contributed by atoms with Crippen LogP contribution in [0.5, 0.6) is 0 Å². The van der Waals surface area contributed by atoms with E-state index in [4.69, 9.17) is 0 Å². The van der Waals surface area contributed by atoms with Crippen LogP contribution in [0.15, 0.2) is 29.3 Å². The van der Waals surface area contributed by atoms with Crippen molar-refractivity contribution in [2.75, 3.05) is 33.2 Å². The number of hydrogen-bond acceptors (Lipinski definition) is 2. The fourth-order valence-electron chi connectivity index (χ4n) is 2.95. The van der Waals surface area contributed by atoms with Gasteiger partial charge in [-0.3, -0.25) is 4.99 Å². The van der Waals surface area contributed by atoms with E-state index in [0.29, 0.717) is 0 Å². The first kappa shape index (κ1) is 20.2. The Morgan fingerprint density at radius 3 is 2.65 bits per heavy atom. The number of guanidine groups is 1. The summed E-state index contributed by atoms with van der Waals surface area (Å²) in [5.74, 6) is 1.64. The Balaban J connectivity index is 0.00000264. The van der Waals surface area contributed by atoms with Gasteiger partial charge in [0.1, 0.15) is 0 Å². The summed E-state index contributed by atoms with van der Waals surface area (Å²) in [6.07, 6.45) is 2.54. The molecule has 0 aliphatic carbocycles. The Morgan fingerprint density at radius 2 is 2.00 bits per heavy atom. The fraction of sp³-hybridized carbons (Fsp3) is 0.611. The van der Waals surface area contributed by atoms with Gasteiger partial charge in [-0.25, -0.2) is 0 Å². The van der Waals surface area contributed by atoms with E-state index in [0.717, 1.165) is 25.0 Å². The highest BCUT2D eigenvalue weighted by Crippen LogP contribution is 2.15. The van der Waals surface area contributed by atoms with Crippen LogP contribution in [0.25, 0.3) is 0 Å². The van der Waals surface area contributed by atoms with Gasteiger partial charge in [-0.2, -0.15) is 0 Å². The number of nitrogens with zero attached hydrogens (tertiary/aromatic N) is 2. The molecule has 1 fully saturated rings. The standard InChI is InChI=1S/C18H30N4.HI/c1-4-10-22-11-9-17(14-22)13-21-18(19-3)20-12-16-7-5-15(2)6-8-16;/h5-8,17H,4,9-14H2,1-3H3,(H2,19,20,21);1H. The van der Waals surface area contributed by atoms with Gasteiger partial charge in [0.2, 0.25) is 0 Å². The molecule has 0 bridgehead atoms. The molecule has 0 amide bonds. The number of hydrogen-bond donors (Lipinski definition) is 2. The fourth-order valence-corrected chi connectivity index (χ4v) is 2.95. The summed E-state index contributed by atoms with van der Waals surface area (Å²) in [4.78, 5) is 6.88. The minimum atomic E-state index is 0. The predicted octanol–water partition coefficient (Wildman–Crippen LogP) is 3.01. The third-order valence-corrected chi connectivity index (χ3v) is 4.27. The highest BCUT2D eigenvalue weighted by Gasteiger charge is 2.21. The summed E-state index contributed by atoms with van der Waals surface area (Å²) >= 11 is 0. The number of nitrogens with one attached hydrogen (secondary N) is 2. The van der Waals surface area contributed by atoms with E-state index in [-0.39, 0.29) is 24.0 Å². The summed E-state index contributed by atoms with van der Waals surface area (Å²) in [6.45, 7) is 9.88. The molecule has 130 valence electrons. The second-order valence-corrected chi connectivity index (χ2v) is 6.25. The van der Waals surface area contributed by atoms with Crippen molar-refractivity contribution in [3.8, 4) is 0 Å². The van der Waals surface area contributed by atoms with E-state index in [2.05, 4.69) is 58.6 Å².